The van der Waals surface area contributed by atoms with Crippen molar-refractivity contribution in [3.63, 3.8) is 0 Å². The highest BCUT2D eigenvalue weighted by molar-refractivity contribution is 7.92. The summed E-state index contributed by atoms with van der Waals surface area (Å²) < 4.78 is 40.2. The van der Waals surface area contributed by atoms with E-state index >= 15 is 0 Å². The molecule has 0 saturated carbocycles. The van der Waals surface area contributed by atoms with E-state index in [9.17, 15) is 8.42 Å². The summed E-state index contributed by atoms with van der Waals surface area (Å²) in [5, 5.41) is 3.67. The maximum absolute atomic E-state index is 13.2. The van der Waals surface area contributed by atoms with Gasteiger partial charge in [-0.05, 0) is 90.9 Å². The summed E-state index contributed by atoms with van der Waals surface area (Å²) in [5.74, 6) is 1.78. The fraction of sp³-hybridized carbons (Fsp3) is 0.286. The van der Waals surface area contributed by atoms with Crippen LogP contribution in [-0.2, 0) is 10.0 Å². The van der Waals surface area contributed by atoms with Crippen molar-refractivity contribution in [2.75, 3.05) is 24.3 Å². The largest absolute Gasteiger partial charge is 0.493 e. The van der Waals surface area contributed by atoms with Crippen molar-refractivity contribution in [3.8, 4) is 11.5 Å². The summed E-state index contributed by atoms with van der Waals surface area (Å²) in [7, 11) is -0.456. The fourth-order valence-corrected chi connectivity index (χ4v) is 6.44. The zero-order valence-electron chi connectivity index (χ0n) is 20.3. The van der Waals surface area contributed by atoms with E-state index in [1.165, 1.54) is 0 Å². The fourth-order valence-electron chi connectivity index (χ4n) is 5.36. The second-order valence-corrected chi connectivity index (χ2v) is 11.0. The van der Waals surface area contributed by atoms with Crippen LogP contribution in [0.1, 0.15) is 40.6 Å². The van der Waals surface area contributed by atoms with Gasteiger partial charge in [0, 0.05) is 17.3 Å². The first-order valence-electron chi connectivity index (χ1n) is 11.7. The molecule has 0 amide bonds. The number of hydrogen-bond donors (Lipinski definition) is 2. The number of fused-ring (bicyclic) bond motifs is 3. The number of sulfonamides is 1. The SMILES string of the molecule is COc1ccc([C@H]2Nc3ccc(S(=O)(=O)Nc4cc(C)cc(C)c4)cc3[C@H]3C=CC[C@H]32)cc1OC. The van der Waals surface area contributed by atoms with Crippen molar-refractivity contribution in [1.82, 2.24) is 0 Å². The van der Waals surface area contributed by atoms with Gasteiger partial charge in [-0.2, -0.15) is 0 Å². The highest BCUT2D eigenvalue weighted by atomic mass is 32.2. The minimum atomic E-state index is -3.72. The Hall–Kier alpha value is -3.45. The molecule has 2 N–H and O–H groups in total. The average molecular weight is 491 g/mol. The lowest BCUT2D eigenvalue weighted by atomic mass is 9.77. The number of aryl methyl sites for hydroxylation is 2. The molecule has 182 valence electrons. The molecule has 0 radical (unpaired) electrons. The van der Waals surface area contributed by atoms with Gasteiger partial charge in [0.15, 0.2) is 11.5 Å². The van der Waals surface area contributed by atoms with Gasteiger partial charge in [0.25, 0.3) is 10.0 Å². The van der Waals surface area contributed by atoms with Crippen LogP contribution in [0.25, 0.3) is 0 Å². The minimum absolute atomic E-state index is 0.0677. The maximum atomic E-state index is 13.2. The molecule has 35 heavy (non-hydrogen) atoms. The number of hydrogen-bond acceptors (Lipinski definition) is 5. The molecule has 3 aromatic rings. The molecule has 1 aliphatic carbocycles. The van der Waals surface area contributed by atoms with Gasteiger partial charge in [-0.25, -0.2) is 8.42 Å². The Morgan fingerprint density at radius 3 is 2.37 bits per heavy atom. The van der Waals surface area contributed by atoms with E-state index in [1.807, 2.05) is 56.3 Å². The highest BCUT2D eigenvalue weighted by Crippen LogP contribution is 2.51. The number of rotatable bonds is 6. The zero-order valence-corrected chi connectivity index (χ0v) is 21.1. The van der Waals surface area contributed by atoms with E-state index in [0.29, 0.717) is 17.2 Å². The summed E-state index contributed by atoms with van der Waals surface area (Å²) >= 11 is 0. The van der Waals surface area contributed by atoms with Gasteiger partial charge in [-0.3, -0.25) is 4.72 Å². The number of nitrogens with one attached hydrogen (secondary N) is 2. The molecule has 0 unspecified atom stereocenters. The van der Waals surface area contributed by atoms with Gasteiger partial charge in [0.05, 0.1) is 25.2 Å². The van der Waals surface area contributed by atoms with Crippen molar-refractivity contribution in [3.05, 3.63) is 89.0 Å². The van der Waals surface area contributed by atoms with E-state index < -0.39 is 10.0 Å². The Kier molecular flexibility index (Phi) is 5.97. The van der Waals surface area contributed by atoms with Crippen molar-refractivity contribution in [2.45, 2.75) is 37.1 Å². The Balaban J connectivity index is 1.48. The van der Waals surface area contributed by atoms with Crippen LogP contribution in [0.4, 0.5) is 11.4 Å². The van der Waals surface area contributed by atoms with Gasteiger partial charge in [0.1, 0.15) is 0 Å². The van der Waals surface area contributed by atoms with Gasteiger partial charge in [-0.1, -0.05) is 24.3 Å². The van der Waals surface area contributed by atoms with Crippen LogP contribution < -0.4 is 19.5 Å². The Morgan fingerprint density at radius 1 is 0.914 bits per heavy atom. The van der Waals surface area contributed by atoms with Crippen LogP contribution in [0.3, 0.4) is 0 Å². The molecule has 0 bridgehead atoms. The molecule has 7 heteroatoms. The summed E-state index contributed by atoms with van der Waals surface area (Å²) in [5.41, 5.74) is 5.66. The van der Waals surface area contributed by atoms with E-state index in [4.69, 9.17) is 9.47 Å². The zero-order chi connectivity index (χ0) is 24.7. The molecule has 0 saturated heterocycles. The number of benzene rings is 3. The molecule has 1 heterocycles. The van der Waals surface area contributed by atoms with Gasteiger partial charge in [-0.15, -0.1) is 0 Å². The standard InChI is InChI=1S/C28H30N2O4S/c1-17-12-18(2)14-20(13-17)30-35(31,32)21-9-10-25-24(16-21)22-6-5-7-23(22)28(29-25)19-8-11-26(33-3)27(15-19)34-4/h5-6,8-16,22-23,28-30H,7H2,1-4H3/t22-,23+,28+/m0/s1. The lowest BCUT2D eigenvalue weighted by Gasteiger charge is -2.38. The first-order valence-corrected chi connectivity index (χ1v) is 13.2. The minimum Gasteiger partial charge on any atom is -0.493 e. The lowest BCUT2D eigenvalue weighted by Crippen LogP contribution is -2.29. The van der Waals surface area contributed by atoms with Crippen molar-refractivity contribution in [1.29, 1.82) is 0 Å². The number of methoxy groups -OCH3 is 2. The van der Waals surface area contributed by atoms with E-state index in [2.05, 4.69) is 28.3 Å². The second kappa shape index (κ2) is 8.96. The van der Waals surface area contributed by atoms with Crippen LogP contribution in [-0.4, -0.2) is 22.6 Å². The summed E-state index contributed by atoms with van der Waals surface area (Å²) in [6, 6.07) is 17.1. The Morgan fingerprint density at radius 2 is 1.66 bits per heavy atom. The van der Waals surface area contributed by atoms with Gasteiger partial charge >= 0.3 is 0 Å². The summed E-state index contributed by atoms with van der Waals surface area (Å²) in [6.07, 6.45) is 5.30. The molecule has 0 spiro atoms. The lowest BCUT2D eigenvalue weighted by molar-refractivity contribution is 0.353. The summed E-state index contributed by atoms with van der Waals surface area (Å²) in [4.78, 5) is 0.265. The van der Waals surface area contributed by atoms with E-state index in [0.717, 1.165) is 34.4 Å². The highest BCUT2D eigenvalue weighted by Gasteiger charge is 2.38. The van der Waals surface area contributed by atoms with Crippen LogP contribution in [0.2, 0.25) is 0 Å². The monoisotopic (exact) mass is 490 g/mol. The first kappa shape index (κ1) is 23.3. The normalized spacial score (nSPS) is 20.5. The van der Waals surface area contributed by atoms with Crippen molar-refractivity contribution < 1.29 is 17.9 Å². The Labute approximate surface area is 207 Å². The third-order valence-corrected chi connectivity index (χ3v) is 8.26. The number of ether oxygens (including phenoxy) is 2. The molecule has 1 aliphatic heterocycles. The molecular formula is C28H30N2O4S. The van der Waals surface area contributed by atoms with Crippen molar-refractivity contribution in [2.24, 2.45) is 5.92 Å². The molecule has 5 rings (SSSR count). The molecule has 0 aromatic heterocycles. The predicted molar refractivity (Wildman–Crippen MR) is 139 cm³/mol. The third kappa shape index (κ3) is 4.36. The topological polar surface area (TPSA) is 76.7 Å². The maximum Gasteiger partial charge on any atom is 0.261 e. The van der Waals surface area contributed by atoms with E-state index in [-0.39, 0.29) is 22.8 Å². The molecular weight excluding hydrogens is 460 g/mol. The first-order chi connectivity index (χ1) is 16.8. The van der Waals surface area contributed by atoms with Crippen LogP contribution >= 0.6 is 0 Å². The second-order valence-electron chi connectivity index (χ2n) is 9.32. The molecule has 6 nitrogen and oxygen atoms in total. The summed E-state index contributed by atoms with van der Waals surface area (Å²) in [6.45, 7) is 3.91. The Bertz CT molecular complexity index is 1390. The quantitative estimate of drug-likeness (QED) is 0.418. The smallest absolute Gasteiger partial charge is 0.261 e. The average Bonchev–Trinajstić information content (AvgIpc) is 3.32. The van der Waals surface area contributed by atoms with E-state index in [1.54, 1.807) is 20.3 Å². The van der Waals surface area contributed by atoms with Gasteiger partial charge in [0.2, 0.25) is 0 Å². The number of anilines is 2. The molecule has 3 aromatic carbocycles. The molecule has 0 fully saturated rings. The van der Waals surface area contributed by atoms with Crippen LogP contribution in [0.5, 0.6) is 11.5 Å². The third-order valence-electron chi connectivity index (χ3n) is 6.89. The van der Waals surface area contributed by atoms with Crippen LogP contribution in [0.15, 0.2) is 71.6 Å². The number of allylic oxidation sites excluding steroid dienone is 2. The molecule has 2 aliphatic rings. The van der Waals surface area contributed by atoms with Crippen LogP contribution in [0, 0.1) is 19.8 Å². The molecule has 3 atom stereocenters. The predicted octanol–water partition coefficient (Wildman–Crippen LogP) is 5.95. The van der Waals surface area contributed by atoms with Gasteiger partial charge < -0.3 is 14.8 Å². The van der Waals surface area contributed by atoms with Crippen molar-refractivity contribution >= 4 is 21.4 Å².